The maximum atomic E-state index is 11.3. The van der Waals surface area contributed by atoms with E-state index in [0.717, 1.165) is 11.0 Å². The summed E-state index contributed by atoms with van der Waals surface area (Å²) in [6.45, 7) is 0.584. The van der Waals surface area contributed by atoms with Crippen molar-refractivity contribution in [2.45, 2.75) is 12.5 Å². The predicted molar refractivity (Wildman–Crippen MR) is 65.8 cm³/mol. The van der Waals surface area contributed by atoms with Gasteiger partial charge < -0.3 is 15.6 Å². The third kappa shape index (κ3) is 1.63. The lowest BCUT2D eigenvalue weighted by atomic mass is 10.2. The first-order valence-corrected chi connectivity index (χ1v) is 5.72. The highest BCUT2D eigenvalue weighted by Crippen LogP contribution is 2.28. The molecule has 0 spiro atoms. The van der Waals surface area contributed by atoms with Crippen LogP contribution in [0.2, 0.25) is 5.02 Å². The van der Waals surface area contributed by atoms with Gasteiger partial charge in [-0.1, -0.05) is 11.6 Å². The Morgan fingerprint density at radius 2 is 2.35 bits per heavy atom. The summed E-state index contributed by atoms with van der Waals surface area (Å²) in [4.78, 5) is 15.5. The topological polar surface area (TPSA) is 72.9 Å². The second-order valence-corrected chi connectivity index (χ2v) is 4.57. The number of imidazole rings is 1. The zero-order chi connectivity index (χ0) is 12.0. The number of carbonyl (C=O) groups excluding carboxylic acids is 1. The molecule has 3 N–H and O–H groups in total. The van der Waals surface area contributed by atoms with Crippen molar-refractivity contribution >= 4 is 34.5 Å². The van der Waals surface area contributed by atoms with E-state index >= 15 is 0 Å². The third-order valence-electron chi connectivity index (χ3n) is 3.00. The number of nitrogens with one attached hydrogen (secondary N) is 1. The van der Waals surface area contributed by atoms with Gasteiger partial charge in [-0.05, 0) is 18.2 Å². The molecule has 0 radical (unpaired) electrons. The second-order valence-electron chi connectivity index (χ2n) is 4.14. The van der Waals surface area contributed by atoms with Crippen molar-refractivity contribution in [2.75, 3.05) is 12.3 Å². The predicted octanol–water partition coefficient (Wildman–Crippen LogP) is 1.33. The van der Waals surface area contributed by atoms with Gasteiger partial charge in [-0.2, -0.15) is 0 Å². The van der Waals surface area contributed by atoms with Crippen molar-refractivity contribution in [2.24, 2.45) is 0 Å². The molecule has 0 aliphatic carbocycles. The number of hydrogen-bond donors (Lipinski definition) is 2. The van der Waals surface area contributed by atoms with E-state index in [1.165, 1.54) is 0 Å². The molecule has 17 heavy (non-hydrogen) atoms. The molecule has 1 fully saturated rings. The summed E-state index contributed by atoms with van der Waals surface area (Å²) >= 11 is 5.97. The fourth-order valence-corrected chi connectivity index (χ4v) is 2.41. The monoisotopic (exact) mass is 250 g/mol. The first-order valence-electron chi connectivity index (χ1n) is 5.35. The summed E-state index contributed by atoms with van der Waals surface area (Å²) in [6, 6.07) is 5.45. The molecule has 1 aliphatic rings. The highest BCUT2D eigenvalue weighted by molar-refractivity contribution is 6.31. The molecule has 2 aromatic rings. The lowest BCUT2D eigenvalue weighted by molar-refractivity contribution is -0.119. The van der Waals surface area contributed by atoms with Gasteiger partial charge >= 0.3 is 0 Å². The maximum absolute atomic E-state index is 11.3. The van der Waals surface area contributed by atoms with Gasteiger partial charge in [0.05, 0.1) is 17.1 Å². The third-order valence-corrected chi connectivity index (χ3v) is 3.23. The largest absolute Gasteiger partial charge is 0.369 e. The van der Waals surface area contributed by atoms with E-state index in [1.807, 2.05) is 16.7 Å². The van der Waals surface area contributed by atoms with Crippen LogP contribution >= 0.6 is 11.6 Å². The van der Waals surface area contributed by atoms with Crippen LogP contribution in [-0.2, 0) is 4.79 Å². The molecule has 1 aromatic carbocycles. The molecular formula is C11H11ClN4O. The molecule has 0 bridgehead atoms. The quantitative estimate of drug-likeness (QED) is 0.802. The van der Waals surface area contributed by atoms with Crippen molar-refractivity contribution < 1.29 is 4.79 Å². The molecule has 1 aliphatic heterocycles. The summed E-state index contributed by atoms with van der Waals surface area (Å²) in [7, 11) is 0. The molecular weight excluding hydrogens is 240 g/mol. The summed E-state index contributed by atoms with van der Waals surface area (Å²) in [5.41, 5.74) is 7.57. The molecule has 1 aromatic heterocycles. The minimum atomic E-state index is 0.0194. The van der Waals surface area contributed by atoms with E-state index in [1.54, 1.807) is 6.07 Å². The first-order chi connectivity index (χ1) is 8.15. The van der Waals surface area contributed by atoms with Gasteiger partial charge in [0.1, 0.15) is 0 Å². The van der Waals surface area contributed by atoms with Gasteiger partial charge in [-0.25, -0.2) is 4.98 Å². The van der Waals surface area contributed by atoms with Crippen LogP contribution in [0.15, 0.2) is 18.2 Å². The number of carbonyl (C=O) groups is 1. The van der Waals surface area contributed by atoms with Crippen molar-refractivity contribution in [1.82, 2.24) is 14.9 Å². The zero-order valence-corrected chi connectivity index (χ0v) is 9.74. The lowest BCUT2D eigenvalue weighted by Crippen LogP contribution is -2.16. The number of nitrogens with zero attached hydrogens (tertiary/aromatic N) is 2. The number of rotatable bonds is 1. The Morgan fingerprint density at radius 1 is 1.53 bits per heavy atom. The molecule has 0 saturated carbocycles. The van der Waals surface area contributed by atoms with E-state index in [2.05, 4.69) is 10.3 Å². The second kappa shape index (κ2) is 3.63. The standard InChI is InChI=1S/C11H11ClN4O/c12-6-1-2-8-9(3-6)16(11(13)15-8)7-4-10(17)14-5-7/h1-3,7H,4-5H2,(H2,13,15)(H,14,17). The number of benzene rings is 1. The molecule has 5 nitrogen and oxygen atoms in total. The maximum Gasteiger partial charge on any atom is 0.222 e. The van der Waals surface area contributed by atoms with Gasteiger partial charge in [-0.15, -0.1) is 0 Å². The number of hydrogen-bond acceptors (Lipinski definition) is 3. The normalized spacial score (nSPS) is 19.8. The number of nitrogens with two attached hydrogens (primary N) is 1. The van der Waals surface area contributed by atoms with Crippen LogP contribution in [0.5, 0.6) is 0 Å². The van der Waals surface area contributed by atoms with Crippen molar-refractivity contribution in [3.05, 3.63) is 23.2 Å². The van der Waals surface area contributed by atoms with Gasteiger partial charge in [0.2, 0.25) is 11.9 Å². The van der Waals surface area contributed by atoms with Crippen LogP contribution in [-0.4, -0.2) is 22.0 Å². The highest BCUT2D eigenvalue weighted by Gasteiger charge is 2.26. The van der Waals surface area contributed by atoms with Gasteiger partial charge in [-0.3, -0.25) is 4.79 Å². The van der Waals surface area contributed by atoms with Crippen molar-refractivity contribution in [1.29, 1.82) is 0 Å². The molecule has 6 heteroatoms. The van der Waals surface area contributed by atoms with E-state index < -0.39 is 0 Å². The summed E-state index contributed by atoms with van der Waals surface area (Å²) in [5.74, 6) is 0.460. The van der Waals surface area contributed by atoms with E-state index in [-0.39, 0.29) is 11.9 Å². The van der Waals surface area contributed by atoms with Crippen LogP contribution in [0.25, 0.3) is 11.0 Å². The van der Waals surface area contributed by atoms with Gasteiger partial charge in [0.25, 0.3) is 0 Å². The lowest BCUT2D eigenvalue weighted by Gasteiger charge is -2.12. The van der Waals surface area contributed by atoms with Crippen LogP contribution in [0, 0.1) is 0 Å². The molecule has 2 heterocycles. The number of amides is 1. The Balaban J connectivity index is 2.17. The Kier molecular flexibility index (Phi) is 2.22. The van der Waals surface area contributed by atoms with Crippen molar-refractivity contribution in [3.8, 4) is 0 Å². The highest BCUT2D eigenvalue weighted by atomic mass is 35.5. The smallest absolute Gasteiger partial charge is 0.222 e. The number of fused-ring (bicyclic) bond motifs is 1. The SMILES string of the molecule is Nc1nc2ccc(Cl)cc2n1C1CNC(=O)C1. The summed E-state index contributed by atoms with van der Waals surface area (Å²) < 4.78 is 1.87. The van der Waals surface area contributed by atoms with E-state index in [4.69, 9.17) is 17.3 Å². The van der Waals surface area contributed by atoms with Gasteiger partial charge in [0, 0.05) is 18.0 Å². The molecule has 88 valence electrons. The van der Waals surface area contributed by atoms with Gasteiger partial charge in [0.15, 0.2) is 0 Å². The number of halogens is 1. The number of anilines is 1. The Bertz CT molecular complexity index is 607. The minimum absolute atomic E-state index is 0.0194. The van der Waals surface area contributed by atoms with Crippen LogP contribution < -0.4 is 11.1 Å². The van der Waals surface area contributed by atoms with Crippen LogP contribution in [0.3, 0.4) is 0 Å². The molecule has 1 unspecified atom stereocenters. The average molecular weight is 251 g/mol. The molecule has 1 atom stereocenters. The Morgan fingerprint density at radius 3 is 3.06 bits per heavy atom. The summed E-state index contributed by atoms with van der Waals surface area (Å²) in [6.07, 6.45) is 0.433. The van der Waals surface area contributed by atoms with Crippen molar-refractivity contribution in [3.63, 3.8) is 0 Å². The number of nitrogen functional groups attached to an aromatic ring is 1. The van der Waals surface area contributed by atoms with Crippen LogP contribution in [0.4, 0.5) is 5.95 Å². The molecule has 1 saturated heterocycles. The Hall–Kier alpha value is -1.75. The average Bonchev–Trinajstić information content (AvgIpc) is 2.81. The molecule has 1 amide bonds. The fraction of sp³-hybridized carbons (Fsp3) is 0.273. The number of aromatic nitrogens is 2. The minimum Gasteiger partial charge on any atom is -0.369 e. The summed E-state index contributed by atoms with van der Waals surface area (Å²) in [5, 5.41) is 3.42. The fourth-order valence-electron chi connectivity index (χ4n) is 2.24. The van der Waals surface area contributed by atoms with E-state index in [0.29, 0.717) is 23.9 Å². The molecule has 3 rings (SSSR count). The zero-order valence-electron chi connectivity index (χ0n) is 8.98. The van der Waals surface area contributed by atoms with E-state index in [9.17, 15) is 4.79 Å². The Labute approximate surface area is 103 Å². The van der Waals surface area contributed by atoms with Crippen LogP contribution in [0.1, 0.15) is 12.5 Å². The first kappa shape index (κ1) is 10.4.